The van der Waals surface area contributed by atoms with Crippen molar-refractivity contribution in [1.29, 1.82) is 0 Å². The largest absolute Gasteiger partial charge is 0.255 e. The van der Waals surface area contributed by atoms with Crippen LogP contribution in [0.1, 0.15) is 6.92 Å². The minimum absolute atomic E-state index is 0.476. The van der Waals surface area contributed by atoms with Crippen molar-refractivity contribution in [2.45, 2.75) is 6.92 Å². The van der Waals surface area contributed by atoms with Gasteiger partial charge in [-0.05, 0) is 12.0 Å². The van der Waals surface area contributed by atoms with Gasteiger partial charge in [-0.25, -0.2) is 0 Å². The maximum Gasteiger partial charge on any atom is 0.0494 e. The van der Waals surface area contributed by atoms with Gasteiger partial charge in [0, 0.05) is 22.0 Å². The molecular formula is C7H10OS. The summed E-state index contributed by atoms with van der Waals surface area (Å²) in [5.74, 6) is 0.476. The van der Waals surface area contributed by atoms with Gasteiger partial charge in [-0.3, -0.25) is 4.21 Å². The molecule has 1 aliphatic rings. The molecule has 1 aliphatic carbocycles. The van der Waals surface area contributed by atoms with Gasteiger partial charge in [-0.1, -0.05) is 19.1 Å². The summed E-state index contributed by atoms with van der Waals surface area (Å²) in [6, 6.07) is 0. The molecular weight excluding hydrogens is 132 g/mol. The fourth-order valence-electron chi connectivity index (χ4n) is 0.808. The predicted octanol–water partition coefficient (Wildman–Crippen LogP) is 1.45. The Labute approximate surface area is 57.9 Å². The normalized spacial score (nSPS) is 28.2. The number of rotatable bonds is 1. The summed E-state index contributed by atoms with van der Waals surface area (Å²) in [4.78, 5) is 0.961. The molecule has 0 saturated heterocycles. The SMILES string of the molecule is C[C@H]1C=CC(S(C)=O)=C1. The summed E-state index contributed by atoms with van der Waals surface area (Å²) in [6.45, 7) is 2.08. The minimum Gasteiger partial charge on any atom is -0.255 e. The van der Waals surface area contributed by atoms with Gasteiger partial charge in [0.1, 0.15) is 0 Å². The molecule has 0 aromatic carbocycles. The first kappa shape index (κ1) is 6.75. The van der Waals surface area contributed by atoms with Gasteiger partial charge in [-0.2, -0.15) is 0 Å². The molecule has 2 heteroatoms. The molecule has 0 bridgehead atoms. The highest BCUT2D eigenvalue weighted by molar-refractivity contribution is 7.88. The third-order valence-corrected chi connectivity index (χ3v) is 2.26. The van der Waals surface area contributed by atoms with E-state index in [4.69, 9.17) is 0 Å². The van der Waals surface area contributed by atoms with Crippen molar-refractivity contribution in [3.8, 4) is 0 Å². The molecule has 50 valence electrons. The maximum absolute atomic E-state index is 10.8. The lowest BCUT2D eigenvalue weighted by molar-refractivity contribution is 0.690. The molecule has 0 saturated carbocycles. The Morgan fingerprint density at radius 3 is 2.56 bits per heavy atom. The Hall–Kier alpha value is -0.370. The fraction of sp³-hybridized carbons (Fsp3) is 0.429. The van der Waals surface area contributed by atoms with Crippen LogP contribution in [0, 0.1) is 5.92 Å². The summed E-state index contributed by atoms with van der Waals surface area (Å²) in [6.07, 6.45) is 7.71. The topological polar surface area (TPSA) is 17.1 Å². The highest BCUT2D eigenvalue weighted by Crippen LogP contribution is 2.16. The van der Waals surface area contributed by atoms with Gasteiger partial charge in [0.2, 0.25) is 0 Å². The average molecular weight is 142 g/mol. The third kappa shape index (κ3) is 1.52. The van der Waals surface area contributed by atoms with Crippen LogP contribution in [0.4, 0.5) is 0 Å². The van der Waals surface area contributed by atoms with E-state index in [-0.39, 0.29) is 0 Å². The summed E-state index contributed by atoms with van der Waals surface area (Å²) in [5, 5.41) is 0. The zero-order chi connectivity index (χ0) is 6.85. The standard InChI is InChI=1S/C7H10OS/c1-6-3-4-7(5-6)9(2)8/h3-6H,1-2H3/t6-,9?/m0/s1. The van der Waals surface area contributed by atoms with Crippen molar-refractivity contribution in [1.82, 2.24) is 0 Å². The molecule has 0 spiro atoms. The molecule has 1 nitrogen and oxygen atoms in total. The molecule has 1 unspecified atom stereocenters. The smallest absolute Gasteiger partial charge is 0.0494 e. The van der Waals surface area contributed by atoms with Crippen LogP contribution in [-0.2, 0) is 10.8 Å². The van der Waals surface area contributed by atoms with Crippen LogP contribution in [-0.4, -0.2) is 10.5 Å². The second-order valence-electron chi connectivity index (χ2n) is 2.24. The van der Waals surface area contributed by atoms with Crippen LogP contribution in [0.15, 0.2) is 23.1 Å². The lowest BCUT2D eigenvalue weighted by atomic mass is 10.2. The molecule has 0 aromatic heterocycles. The Morgan fingerprint density at radius 2 is 2.33 bits per heavy atom. The van der Waals surface area contributed by atoms with E-state index in [0.29, 0.717) is 5.92 Å². The van der Waals surface area contributed by atoms with Crippen LogP contribution in [0.3, 0.4) is 0 Å². The first-order valence-corrected chi connectivity index (χ1v) is 4.49. The van der Waals surface area contributed by atoms with E-state index in [1.54, 1.807) is 6.26 Å². The molecule has 0 heterocycles. The Kier molecular flexibility index (Phi) is 1.86. The van der Waals surface area contributed by atoms with E-state index in [2.05, 4.69) is 13.0 Å². The van der Waals surface area contributed by atoms with Crippen LogP contribution in [0.2, 0.25) is 0 Å². The highest BCUT2D eigenvalue weighted by atomic mass is 32.2. The average Bonchev–Trinajstić information content (AvgIpc) is 2.14. The van der Waals surface area contributed by atoms with Crippen molar-refractivity contribution >= 4 is 10.8 Å². The van der Waals surface area contributed by atoms with E-state index < -0.39 is 10.8 Å². The molecule has 0 aliphatic heterocycles. The van der Waals surface area contributed by atoms with Crippen molar-refractivity contribution in [2.24, 2.45) is 5.92 Å². The van der Waals surface area contributed by atoms with Crippen molar-refractivity contribution in [2.75, 3.05) is 6.26 Å². The van der Waals surface area contributed by atoms with Gasteiger partial charge in [0.05, 0.1) is 0 Å². The molecule has 0 radical (unpaired) electrons. The second-order valence-corrected chi connectivity index (χ2v) is 3.62. The molecule has 2 atom stereocenters. The Balaban J connectivity index is 2.75. The van der Waals surface area contributed by atoms with E-state index in [9.17, 15) is 4.21 Å². The molecule has 1 rings (SSSR count). The minimum atomic E-state index is -0.787. The Bertz CT molecular complexity index is 191. The first-order chi connectivity index (χ1) is 4.20. The second kappa shape index (κ2) is 2.48. The number of hydrogen-bond acceptors (Lipinski definition) is 1. The van der Waals surface area contributed by atoms with Crippen LogP contribution in [0.25, 0.3) is 0 Å². The summed E-state index contributed by atoms with van der Waals surface area (Å²) < 4.78 is 10.8. The molecule has 0 N–H and O–H groups in total. The third-order valence-electron chi connectivity index (χ3n) is 1.32. The molecule has 0 aromatic rings. The predicted molar refractivity (Wildman–Crippen MR) is 40.5 cm³/mol. The fourth-order valence-corrected chi connectivity index (χ4v) is 1.48. The van der Waals surface area contributed by atoms with E-state index in [1.165, 1.54) is 0 Å². The summed E-state index contributed by atoms with van der Waals surface area (Å²) in [5.41, 5.74) is 0. The van der Waals surface area contributed by atoms with Gasteiger partial charge < -0.3 is 0 Å². The first-order valence-electron chi connectivity index (χ1n) is 2.93. The number of hydrogen-bond donors (Lipinski definition) is 0. The van der Waals surface area contributed by atoms with Gasteiger partial charge >= 0.3 is 0 Å². The molecule has 9 heavy (non-hydrogen) atoms. The number of allylic oxidation sites excluding steroid dienone is 3. The van der Waals surface area contributed by atoms with Gasteiger partial charge in [0.25, 0.3) is 0 Å². The van der Waals surface area contributed by atoms with E-state index in [0.717, 1.165) is 4.91 Å². The lowest BCUT2D eigenvalue weighted by Crippen LogP contribution is -1.85. The maximum atomic E-state index is 10.8. The molecule has 0 fully saturated rings. The zero-order valence-electron chi connectivity index (χ0n) is 5.63. The quantitative estimate of drug-likeness (QED) is 0.541. The Morgan fingerprint density at radius 1 is 1.67 bits per heavy atom. The van der Waals surface area contributed by atoms with Gasteiger partial charge in [0.15, 0.2) is 0 Å². The summed E-state index contributed by atoms with van der Waals surface area (Å²) >= 11 is 0. The van der Waals surface area contributed by atoms with E-state index in [1.807, 2.05) is 12.2 Å². The van der Waals surface area contributed by atoms with Crippen molar-refractivity contribution in [3.05, 3.63) is 23.1 Å². The van der Waals surface area contributed by atoms with Crippen LogP contribution >= 0.6 is 0 Å². The van der Waals surface area contributed by atoms with E-state index >= 15 is 0 Å². The lowest BCUT2D eigenvalue weighted by Gasteiger charge is -1.89. The van der Waals surface area contributed by atoms with Crippen LogP contribution in [0.5, 0.6) is 0 Å². The molecule has 0 amide bonds. The van der Waals surface area contributed by atoms with Crippen molar-refractivity contribution in [3.63, 3.8) is 0 Å². The van der Waals surface area contributed by atoms with Gasteiger partial charge in [-0.15, -0.1) is 0 Å². The summed E-state index contributed by atoms with van der Waals surface area (Å²) in [7, 11) is -0.787. The highest BCUT2D eigenvalue weighted by Gasteiger charge is 2.05. The monoisotopic (exact) mass is 142 g/mol. The zero-order valence-corrected chi connectivity index (χ0v) is 6.44. The van der Waals surface area contributed by atoms with Crippen LogP contribution < -0.4 is 0 Å². The van der Waals surface area contributed by atoms with Crippen molar-refractivity contribution < 1.29 is 4.21 Å².